The molecule has 2 aliphatic rings. The Balaban J connectivity index is 1.41. The normalized spacial score (nSPS) is 19.2. The maximum absolute atomic E-state index is 13.6. The molecule has 184 valence electrons. The van der Waals surface area contributed by atoms with E-state index in [0.29, 0.717) is 6.42 Å². The first-order chi connectivity index (χ1) is 16.2. The van der Waals surface area contributed by atoms with Gasteiger partial charge in [0.1, 0.15) is 11.4 Å². The summed E-state index contributed by atoms with van der Waals surface area (Å²) in [5.41, 5.74) is 0.718. The predicted molar refractivity (Wildman–Crippen MR) is 126 cm³/mol. The highest BCUT2D eigenvalue weighted by molar-refractivity contribution is 7.92. The number of nitrogens with zero attached hydrogens (tertiary/aromatic N) is 1. The minimum Gasteiger partial charge on any atom is -0.487 e. The fraction of sp³-hybridized carbons (Fsp3) is 0.480. The van der Waals surface area contributed by atoms with E-state index in [1.807, 2.05) is 24.3 Å². The molecule has 1 amide bonds. The SMILES string of the molecule is CS(=O)(=O)N(CCCC(=O)N[C@H]1CC2(CCCCC2)Oc2ccccc21)c1ccc(F)c(F)c1. The number of fused-ring (bicyclic) bond motifs is 1. The molecule has 9 heteroatoms. The number of carbonyl (C=O) groups excluding carboxylic acids is 1. The molecule has 1 atom stereocenters. The van der Waals surface area contributed by atoms with Crippen molar-refractivity contribution in [2.75, 3.05) is 17.1 Å². The smallest absolute Gasteiger partial charge is 0.232 e. The van der Waals surface area contributed by atoms with Gasteiger partial charge >= 0.3 is 0 Å². The second-order valence-electron chi connectivity index (χ2n) is 9.24. The van der Waals surface area contributed by atoms with Gasteiger partial charge in [0.2, 0.25) is 15.9 Å². The maximum atomic E-state index is 13.6. The third-order valence-electron chi connectivity index (χ3n) is 6.65. The third-order valence-corrected chi connectivity index (χ3v) is 7.85. The number of halogens is 2. The molecule has 1 N–H and O–H groups in total. The van der Waals surface area contributed by atoms with Gasteiger partial charge in [0.15, 0.2) is 11.6 Å². The van der Waals surface area contributed by atoms with Crippen LogP contribution in [0.25, 0.3) is 0 Å². The van der Waals surface area contributed by atoms with Crippen molar-refractivity contribution in [3.8, 4) is 5.75 Å². The van der Waals surface area contributed by atoms with Crippen molar-refractivity contribution >= 4 is 21.6 Å². The Kier molecular flexibility index (Phi) is 7.12. The van der Waals surface area contributed by atoms with E-state index < -0.39 is 21.7 Å². The van der Waals surface area contributed by atoms with Gasteiger partial charge in [-0.1, -0.05) is 24.6 Å². The van der Waals surface area contributed by atoms with Crippen LogP contribution in [-0.2, 0) is 14.8 Å². The zero-order valence-electron chi connectivity index (χ0n) is 19.2. The Morgan fingerprint density at radius 3 is 2.56 bits per heavy atom. The van der Waals surface area contributed by atoms with Gasteiger partial charge in [-0.25, -0.2) is 17.2 Å². The largest absolute Gasteiger partial charge is 0.487 e. The van der Waals surface area contributed by atoms with Gasteiger partial charge in [-0.15, -0.1) is 0 Å². The number of benzene rings is 2. The molecule has 6 nitrogen and oxygen atoms in total. The topological polar surface area (TPSA) is 75.7 Å². The molecular weight excluding hydrogens is 462 g/mol. The zero-order valence-corrected chi connectivity index (χ0v) is 20.0. The third kappa shape index (κ3) is 5.51. The van der Waals surface area contributed by atoms with E-state index in [1.54, 1.807) is 0 Å². The summed E-state index contributed by atoms with van der Waals surface area (Å²) in [5.74, 6) is -1.56. The predicted octanol–water partition coefficient (Wildman–Crippen LogP) is 4.85. The van der Waals surface area contributed by atoms with E-state index >= 15 is 0 Å². The fourth-order valence-corrected chi connectivity index (χ4v) is 5.98. The summed E-state index contributed by atoms with van der Waals surface area (Å²) in [6, 6.07) is 10.5. The van der Waals surface area contributed by atoms with E-state index in [1.165, 1.54) is 12.5 Å². The van der Waals surface area contributed by atoms with Crippen molar-refractivity contribution < 1.29 is 26.7 Å². The van der Waals surface area contributed by atoms with Crippen LogP contribution in [0.3, 0.4) is 0 Å². The molecule has 0 saturated heterocycles. The lowest BCUT2D eigenvalue weighted by molar-refractivity contribution is -0.122. The number of anilines is 1. The lowest BCUT2D eigenvalue weighted by Crippen LogP contribution is -2.46. The lowest BCUT2D eigenvalue weighted by Gasteiger charge is -2.44. The van der Waals surface area contributed by atoms with Crippen LogP contribution in [0.15, 0.2) is 42.5 Å². The number of rotatable bonds is 7. The summed E-state index contributed by atoms with van der Waals surface area (Å²) in [5, 5.41) is 3.12. The van der Waals surface area contributed by atoms with Gasteiger partial charge in [-0.2, -0.15) is 0 Å². The van der Waals surface area contributed by atoms with Crippen molar-refractivity contribution in [2.45, 2.75) is 63.0 Å². The highest BCUT2D eigenvalue weighted by Gasteiger charge is 2.42. The minimum atomic E-state index is -3.74. The summed E-state index contributed by atoms with van der Waals surface area (Å²) in [6.45, 7) is -0.0222. The van der Waals surface area contributed by atoms with Gasteiger partial charge in [0, 0.05) is 31.0 Å². The minimum absolute atomic E-state index is 0.0222. The van der Waals surface area contributed by atoms with Crippen LogP contribution < -0.4 is 14.4 Å². The molecule has 0 bridgehead atoms. The van der Waals surface area contributed by atoms with E-state index in [2.05, 4.69) is 5.32 Å². The van der Waals surface area contributed by atoms with Crippen molar-refractivity contribution in [1.29, 1.82) is 0 Å². The number of carbonyl (C=O) groups is 1. The van der Waals surface area contributed by atoms with Crippen LogP contribution in [0, 0.1) is 11.6 Å². The molecule has 1 spiro atoms. The summed E-state index contributed by atoms with van der Waals surface area (Å²) in [7, 11) is -3.74. The summed E-state index contributed by atoms with van der Waals surface area (Å²) >= 11 is 0. The van der Waals surface area contributed by atoms with Gasteiger partial charge in [-0.3, -0.25) is 9.10 Å². The monoisotopic (exact) mass is 492 g/mol. The number of hydrogen-bond acceptors (Lipinski definition) is 4. The van der Waals surface area contributed by atoms with Crippen molar-refractivity contribution in [2.24, 2.45) is 0 Å². The van der Waals surface area contributed by atoms with Crippen molar-refractivity contribution in [1.82, 2.24) is 5.32 Å². The number of hydrogen-bond donors (Lipinski definition) is 1. The van der Waals surface area contributed by atoms with Crippen LogP contribution >= 0.6 is 0 Å². The molecule has 0 radical (unpaired) electrons. The Bertz CT molecular complexity index is 1150. The fourth-order valence-electron chi connectivity index (χ4n) is 5.03. The Labute approximate surface area is 199 Å². The van der Waals surface area contributed by atoms with Crippen LogP contribution in [0.5, 0.6) is 5.75 Å². The number of sulfonamides is 1. The van der Waals surface area contributed by atoms with E-state index in [9.17, 15) is 22.0 Å². The van der Waals surface area contributed by atoms with E-state index in [0.717, 1.165) is 59.7 Å². The molecular formula is C25H30F2N2O4S. The van der Waals surface area contributed by atoms with E-state index in [4.69, 9.17) is 4.74 Å². The molecule has 2 aromatic carbocycles. The number of para-hydroxylation sites is 1. The number of amides is 1. The lowest BCUT2D eigenvalue weighted by atomic mass is 9.77. The molecule has 1 aliphatic carbocycles. The molecule has 4 rings (SSSR count). The summed E-state index contributed by atoms with van der Waals surface area (Å²) in [4.78, 5) is 12.8. The quantitative estimate of drug-likeness (QED) is 0.599. The zero-order chi connectivity index (χ0) is 24.3. The molecule has 1 fully saturated rings. The first-order valence-electron chi connectivity index (χ1n) is 11.7. The standard InChI is InChI=1S/C25H30F2N2O4S/c1-34(31,32)29(18-11-12-20(26)21(27)16-18)15-7-10-24(30)28-22-17-25(13-5-2-6-14-25)33-23-9-4-3-8-19(22)23/h3-4,8-9,11-12,16,22H,2,5-7,10,13-15,17H2,1H3,(H,28,30)/t22-/m0/s1. The molecule has 34 heavy (non-hydrogen) atoms. The van der Waals surface area contributed by atoms with Crippen LogP contribution in [0.4, 0.5) is 14.5 Å². The first-order valence-corrected chi connectivity index (χ1v) is 13.5. The van der Waals surface area contributed by atoms with Gasteiger partial charge in [-0.05, 0) is 50.3 Å². The average Bonchev–Trinajstić information content (AvgIpc) is 2.78. The van der Waals surface area contributed by atoms with Gasteiger partial charge < -0.3 is 10.1 Å². The van der Waals surface area contributed by atoms with Crippen molar-refractivity contribution in [3.05, 3.63) is 59.7 Å². The average molecular weight is 493 g/mol. The molecule has 0 unspecified atom stereocenters. The number of nitrogens with one attached hydrogen (secondary N) is 1. The molecule has 1 aliphatic heterocycles. The molecule has 1 heterocycles. The Morgan fingerprint density at radius 2 is 1.85 bits per heavy atom. The van der Waals surface area contributed by atoms with Crippen LogP contribution in [0.1, 0.15) is 63.0 Å². The Morgan fingerprint density at radius 1 is 1.12 bits per heavy atom. The second-order valence-corrected chi connectivity index (χ2v) is 11.2. The number of ether oxygens (including phenoxy) is 1. The van der Waals surface area contributed by atoms with Gasteiger partial charge in [0.25, 0.3) is 0 Å². The van der Waals surface area contributed by atoms with Crippen LogP contribution in [-0.4, -0.2) is 32.7 Å². The highest BCUT2D eigenvalue weighted by Crippen LogP contribution is 2.46. The summed E-state index contributed by atoms with van der Waals surface area (Å²) < 4.78 is 58.8. The summed E-state index contributed by atoms with van der Waals surface area (Å²) in [6.07, 6.45) is 7.37. The van der Waals surface area contributed by atoms with Crippen LogP contribution in [0.2, 0.25) is 0 Å². The van der Waals surface area contributed by atoms with E-state index in [-0.39, 0.29) is 42.6 Å². The maximum Gasteiger partial charge on any atom is 0.232 e. The Hall–Kier alpha value is -2.68. The van der Waals surface area contributed by atoms with Gasteiger partial charge in [0.05, 0.1) is 18.0 Å². The van der Waals surface area contributed by atoms with Crippen molar-refractivity contribution in [3.63, 3.8) is 0 Å². The first kappa shape index (κ1) is 24.4. The molecule has 2 aromatic rings. The highest BCUT2D eigenvalue weighted by atomic mass is 32.2. The molecule has 0 aromatic heterocycles. The second kappa shape index (κ2) is 9.90. The molecule has 1 saturated carbocycles.